The molecule has 5 nitrogen and oxygen atoms in total. The van der Waals surface area contributed by atoms with E-state index in [1.54, 1.807) is 12.1 Å². The molecule has 118 valence electrons. The number of aryl methyl sites for hydroxylation is 3. The fourth-order valence-electron chi connectivity index (χ4n) is 1.94. The van der Waals surface area contributed by atoms with Crippen LogP contribution in [0.15, 0.2) is 34.5 Å². The molecule has 1 aromatic carbocycles. The number of thiophene rings is 1. The zero-order valence-corrected chi connectivity index (χ0v) is 14.3. The first kappa shape index (κ1) is 16.7. The third-order valence-electron chi connectivity index (χ3n) is 3.06. The summed E-state index contributed by atoms with van der Waals surface area (Å²) in [4.78, 5) is 12.8. The molecular weight excluding hydrogens is 320 g/mol. The van der Waals surface area contributed by atoms with Gasteiger partial charge in [0.05, 0.1) is 6.54 Å². The molecule has 22 heavy (non-hydrogen) atoms. The fraction of sp³-hybridized carbons (Fsp3) is 0.267. The van der Waals surface area contributed by atoms with Crippen molar-refractivity contribution in [3.05, 3.63) is 46.3 Å². The number of benzene rings is 1. The van der Waals surface area contributed by atoms with E-state index in [1.807, 2.05) is 32.9 Å². The largest absolute Gasteiger partial charge is 0.325 e. The maximum absolute atomic E-state index is 12.0. The number of nitrogens with one attached hydrogen (secondary N) is 2. The van der Waals surface area contributed by atoms with E-state index in [9.17, 15) is 13.2 Å². The smallest absolute Gasteiger partial charge is 0.250 e. The molecule has 0 aliphatic rings. The van der Waals surface area contributed by atoms with Gasteiger partial charge in [0.2, 0.25) is 5.91 Å². The molecule has 0 spiro atoms. The highest BCUT2D eigenvalue weighted by Crippen LogP contribution is 2.20. The third-order valence-corrected chi connectivity index (χ3v) is 5.95. The van der Waals surface area contributed by atoms with Gasteiger partial charge in [-0.15, -0.1) is 11.3 Å². The van der Waals surface area contributed by atoms with Crippen molar-refractivity contribution in [3.8, 4) is 0 Å². The summed E-state index contributed by atoms with van der Waals surface area (Å²) in [6.45, 7) is 5.39. The minimum absolute atomic E-state index is 0.212. The van der Waals surface area contributed by atoms with Gasteiger partial charge in [0.25, 0.3) is 10.0 Å². The molecule has 0 atom stereocenters. The molecule has 1 aromatic heterocycles. The van der Waals surface area contributed by atoms with Crippen LogP contribution >= 0.6 is 11.3 Å². The summed E-state index contributed by atoms with van der Waals surface area (Å²) in [6, 6.07) is 8.91. The number of hydrogen-bond acceptors (Lipinski definition) is 4. The van der Waals surface area contributed by atoms with Crippen molar-refractivity contribution in [3.63, 3.8) is 0 Å². The Morgan fingerprint density at radius 2 is 1.86 bits per heavy atom. The average molecular weight is 338 g/mol. The zero-order chi connectivity index (χ0) is 16.3. The lowest BCUT2D eigenvalue weighted by Gasteiger charge is -2.09. The maximum Gasteiger partial charge on any atom is 0.250 e. The zero-order valence-electron chi connectivity index (χ0n) is 12.6. The minimum atomic E-state index is -3.64. The van der Waals surface area contributed by atoms with Crippen LogP contribution < -0.4 is 10.0 Å². The Morgan fingerprint density at radius 1 is 1.14 bits per heavy atom. The molecule has 2 N–H and O–H groups in total. The number of hydrogen-bond donors (Lipinski definition) is 2. The lowest BCUT2D eigenvalue weighted by Crippen LogP contribution is -2.32. The normalized spacial score (nSPS) is 11.4. The Hall–Kier alpha value is -1.70. The number of amides is 1. The maximum atomic E-state index is 12.0. The van der Waals surface area contributed by atoms with Crippen LogP contribution in [0.25, 0.3) is 0 Å². The van der Waals surface area contributed by atoms with Gasteiger partial charge in [0.1, 0.15) is 4.21 Å². The van der Waals surface area contributed by atoms with Gasteiger partial charge in [0, 0.05) is 10.6 Å². The summed E-state index contributed by atoms with van der Waals surface area (Å²) in [5.74, 6) is -0.399. The summed E-state index contributed by atoms with van der Waals surface area (Å²) >= 11 is 1.17. The van der Waals surface area contributed by atoms with E-state index >= 15 is 0 Å². The SMILES string of the molecule is Cc1ccc(NC(=O)CNS(=O)(=O)c2ccc(C)s2)c(C)c1. The summed E-state index contributed by atoms with van der Waals surface area (Å²) in [5.41, 5.74) is 2.72. The van der Waals surface area contributed by atoms with Gasteiger partial charge >= 0.3 is 0 Å². The average Bonchev–Trinajstić information content (AvgIpc) is 2.87. The standard InChI is InChI=1S/C15H18N2O3S2/c1-10-4-6-13(11(2)8-10)17-14(18)9-16-22(19,20)15-7-5-12(3)21-15/h4-8,16H,9H2,1-3H3,(H,17,18). The van der Waals surface area contributed by atoms with Crippen LogP contribution in [0.5, 0.6) is 0 Å². The predicted octanol–water partition coefficient (Wildman–Crippen LogP) is 2.59. The van der Waals surface area contributed by atoms with E-state index in [-0.39, 0.29) is 10.8 Å². The molecule has 0 saturated heterocycles. The molecule has 0 saturated carbocycles. The van der Waals surface area contributed by atoms with Crippen molar-refractivity contribution in [2.75, 3.05) is 11.9 Å². The van der Waals surface area contributed by atoms with Crippen molar-refractivity contribution < 1.29 is 13.2 Å². The molecule has 0 fully saturated rings. The third kappa shape index (κ3) is 4.16. The monoisotopic (exact) mass is 338 g/mol. The van der Waals surface area contributed by atoms with Crippen LogP contribution in [0.3, 0.4) is 0 Å². The number of carbonyl (C=O) groups is 1. The van der Waals surface area contributed by atoms with E-state index in [0.29, 0.717) is 5.69 Å². The second kappa shape index (κ2) is 6.60. The van der Waals surface area contributed by atoms with Crippen molar-refractivity contribution in [1.82, 2.24) is 4.72 Å². The van der Waals surface area contributed by atoms with Gasteiger partial charge < -0.3 is 5.32 Å². The minimum Gasteiger partial charge on any atom is -0.325 e. The highest BCUT2D eigenvalue weighted by molar-refractivity contribution is 7.91. The predicted molar refractivity (Wildman–Crippen MR) is 88.8 cm³/mol. The molecule has 2 aromatic rings. The van der Waals surface area contributed by atoms with E-state index in [0.717, 1.165) is 16.0 Å². The number of anilines is 1. The Kier molecular flexibility index (Phi) is 5.00. The van der Waals surface area contributed by atoms with Crippen molar-refractivity contribution in [1.29, 1.82) is 0 Å². The van der Waals surface area contributed by atoms with Crippen molar-refractivity contribution >= 4 is 33.0 Å². The number of rotatable bonds is 5. The van der Waals surface area contributed by atoms with E-state index < -0.39 is 15.9 Å². The van der Waals surface area contributed by atoms with Crippen LogP contribution in [-0.2, 0) is 14.8 Å². The van der Waals surface area contributed by atoms with Crippen LogP contribution in [0.2, 0.25) is 0 Å². The molecule has 1 amide bonds. The summed E-state index contributed by atoms with van der Waals surface area (Å²) in [7, 11) is -3.64. The first-order valence-corrected chi connectivity index (χ1v) is 9.01. The number of carbonyl (C=O) groups excluding carboxylic acids is 1. The molecule has 1 heterocycles. The van der Waals surface area contributed by atoms with E-state index in [1.165, 1.54) is 17.4 Å². The molecule has 0 radical (unpaired) electrons. The highest BCUT2D eigenvalue weighted by Gasteiger charge is 2.17. The summed E-state index contributed by atoms with van der Waals surface area (Å²) in [6.07, 6.45) is 0. The van der Waals surface area contributed by atoms with Gasteiger partial charge in [-0.1, -0.05) is 17.7 Å². The second-order valence-corrected chi connectivity index (χ2v) is 8.34. The van der Waals surface area contributed by atoms with Gasteiger partial charge in [0.15, 0.2) is 0 Å². The van der Waals surface area contributed by atoms with Crippen LogP contribution in [-0.4, -0.2) is 20.9 Å². The van der Waals surface area contributed by atoms with Crippen LogP contribution in [0, 0.1) is 20.8 Å². The Morgan fingerprint density at radius 3 is 2.45 bits per heavy atom. The van der Waals surface area contributed by atoms with Crippen LogP contribution in [0.1, 0.15) is 16.0 Å². The Labute approximate surface area is 134 Å². The van der Waals surface area contributed by atoms with Crippen LogP contribution in [0.4, 0.5) is 5.69 Å². The quantitative estimate of drug-likeness (QED) is 0.880. The Bertz CT molecular complexity index is 795. The molecule has 2 rings (SSSR count). The first-order chi connectivity index (χ1) is 10.3. The highest BCUT2D eigenvalue weighted by atomic mass is 32.2. The topological polar surface area (TPSA) is 75.3 Å². The molecule has 0 unspecified atom stereocenters. The second-order valence-electron chi connectivity index (χ2n) is 5.06. The van der Waals surface area contributed by atoms with Gasteiger partial charge in [-0.3, -0.25) is 4.79 Å². The molecule has 0 bridgehead atoms. The molecule has 0 aliphatic carbocycles. The Balaban J connectivity index is 1.98. The number of sulfonamides is 1. The first-order valence-electron chi connectivity index (χ1n) is 6.71. The van der Waals surface area contributed by atoms with Crippen molar-refractivity contribution in [2.24, 2.45) is 0 Å². The van der Waals surface area contributed by atoms with Gasteiger partial charge in [-0.2, -0.15) is 0 Å². The van der Waals surface area contributed by atoms with Gasteiger partial charge in [-0.25, -0.2) is 13.1 Å². The summed E-state index contributed by atoms with van der Waals surface area (Å²) < 4.78 is 26.6. The molecule has 0 aliphatic heterocycles. The van der Waals surface area contributed by atoms with E-state index in [4.69, 9.17) is 0 Å². The fourth-order valence-corrected chi connectivity index (χ4v) is 4.25. The van der Waals surface area contributed by atoms with E-state index in [2.05, 4.69) is 10.0 Å². The lowest BCUT2D eigenvalue weighted by molar-refractivity contribution is -0.115. The van der Waals surface area contributed by atoms with Gasteiger partial charge in [-0.05, 0) is 44.5 Å². The molecule has 7 heteroatoms. The summed E-state index contributed by atoms with van der Waals surface area (Å²) in [5, 5.41) is 2.70. The lowest BCUT2D eigenvalue weighted by atomic mass is 10.1. The molecular formula is C15H18N2O3S2. The van der Waals surface area contributed by atoms with Crippen molar-refractivity contribution in [2.45, 2.75) is 25.0 Å².